The minimum Gasteiger partial charge on any atom is -0.453 e. The van der Waals surface area contributed by atoms with Crippen molar-refractivity contribution in [1.29, 1.82) is 0 Å². The Balaban J connectivity index is 1.66. The second-order valence-electron chi connectivity index (χ2n) is 6.65. The summed E-state index contributed by atoms with van der Waals surface area (Å²) in [4.78, 5) is 18.9. The molecule has 0 radical (unpaired) electrons. The summed E-state index contributed by atoms with van der Waals surface area (Å²) in [6.45, 7) is 3.74. The van der Waals surface area contributed by atoms with Gasteiger partial charge in [0.2, 0.25) is 0 Å². The van der Waals surface area contributed by atoms with E-state index in [1.54, 1.807) is 47.0 Å². The van der Waals surface area contributed by atoms with E-state index < -0.39 is 0 Å². The predicted octanol–water partition coefficient (Wildman–Crippen LogP) is 4.57. The number of aromatic nitrogens is 3. The topological polar surface area (TPSA) is 73.4 Å². The van der Waals surface area contributed by atoms with Gasteiger partial charge in [0.05, 0.1) is 29.2 Å². The van der Waals surface area contributed by atoms with Crippen LogP contribution in [0.15, 0.2) is 46.9 Å². The second kappa shape index (κ2) is 7.25. The largest absolute Gasteiger partial charge is 0.453 e. The number of amides is 1. The first-order valence-corrected chi connectivity index (χ1v) is 9.31. The molecule has 7 nitrogen and oxygen atoms in total. The molecular formula is C21H19ClN4O3. The summed E-state index contributed by atoms with van der Waals surface area (Å²) < 4.78 is 12.2. The van der Waals surface area contributed by atoms with Crippen LogP contribution in [0, 0.1) is 13.8 Å². The Morgan fingerprint density at radius 2 is 2.00 bits per heavy atom. The van der Waals surface area contributed by atoms with E-state index in [1.165, 1.54) is 7.11 Å². The fourth-order valence-corrected chi connectivity index (χ4v) is 3.27. The molecule has 0 aliphatic heterocycles. The molecule has 0 N–H and O–H groups in total. The Bertz CT molecular complexity index is 1230. The summed E-state index contributed by atoms with van der Waals surface area (Å²) in [5.74, 6) is -0.158. The molecule has 4 aromatic rings. The first kappa shape index (κ1) is 19.0. The van der Waals surface area contributed by atoms with Gasteiger partial charge >= 0.3 is 6.08 Å². The summed E-state index contributed by atoms with van der Waals surface area (Å²) >= 11 is 6.26. The van der Waals surface area contributed by atoms with Crippen LogP contribution < -0.4 is 9.64 Å². The predicted molar refractivity (Wildman–Crippen MR) is 111 cm³/mol. The molecule has 148 valence electrons. The van der Waals surface area contributed by atoms with Crippen LogP contribution in [-0.2, 0) is 0 Å². The first-order valence-electron chi connectivity index (χ1n) is 8.94. The molecule has 0 saturated heterocycles. The normalized spacial score (nSPS) is 11.1. The summed E-state index contributed by atoms with van der Waals surface area (Å²) in [5.41, 5.74) is 4.78. The van der Waals surface area contributed by atoms with Crippen molar-refractivity contribution in [2.24, 2.45) is 0 Å². The number of anilines is 1. The summed E-state index contributed by atoms with van der Waals surface area (Å²) in [7, 11) is 3.21. The number of halogens is 1. The Morgan fingerprint density at radius 3 is 2.69 bits per heavy atom. The van der Waals surface area contributed by atoms with Crippen LogP contribution in [0.1, 0.15) is 21.7 Å². The van der Waals surface area contributed by atoms with Crippen LogP contribution in [-0.4, -0.2) is 34.8 Å². The molecule has 0 atom stereocenters. The number of benzene rings is 2. The molecule has 8 heteroatoms. The van der Waals surface area contributed by atoms with Crippen molar-refractivity contribution in [3.8, 4) is 11.8 Å². The van der Waals surface area contributed by atoms with Crippen molar-refractivity contribution in [2.45, 2.75) is 13.8 Å². The molecular weight excluding hydrogens is 392 g/mol. The molecule has 4 rings (SSSR count). The third kappa shape index (κ3) is 3.34. The maximum absolute atomic E-state index is 13.1. The van der Waals surface area contributed by atoms with Gasteiger partial charge in [-0.1, -0.05) is 17.7 Å². The lowest BCUT2D eigenvalue weighted by Crippen LogP contribution is -2.26. The van der Waals surface area contributed by atoms with E-state index in [4.69, 9.17) is 20.8 Å². The van der Waals surface area contributed by atoms with Crippen molar-refractivity contribution in [3.05, 3.63) is 64.4 Å². The molecule has 0 aliphatic rings. The van der Waals surface area contributed by atoms with Crippen molar-refractivity contribution in [3.63, 3.8) is 0 Å². The second-order valence-corrected chi connectivity index (χ2v) is 7.02. The zero-order chi connectivity index (χ0) is 20.7. The van der Waals surface area contributed by atoms with Crippen molar-refractivity contribution in [2.75, 3.05) is 19.1 Å². The third-order valence-corrected chi connectivity index (χ3v) is 5.31. The third-order valence-electron chi connectivity index (χ3n) is 4.76. The number of carbonyl (C=O) groups excluding carboxylic acids is 1. The molecule has 1 amide bonds. The lowest BCUT2D eigenvalue weighted by molar-refractivity contribution is 0.0993. The van der Waals surface area contributed by atoms with Gasteiger partial charge in [-0.3, -0.25) is 4.79 Å². The van der Waals surface area contributed by atoms with Crippen LogP contribution in [0.3, 0.4) is 0 Å². The minimum absolute atomic E-state index is 0.158. The molecule has 0 bridgehead atoms. The standard InChI is InChI=1S/C21H19ClN4O3/c1-12-19(22)13(2)26(24-12)16-7-5-6-14(10-16)20(27)25(3)15-8-9-18-17(11-15)23-21(28-4)29-18/h5-11H,1-4H3. The molecule has 0 spiro atoms. The maximum Gasteiger partial charge on any atom is 0.394 e. The number of hydrogen-bond donors (Lipinski definition) is 0. The number of hydrogen-bond acceptors (Lipinski definition) is 5. The Morgan fingerprint density at radius 1 is 1.21 bits per heavy atom. The van der Waals surface area contributed by atoms with E-state index >= 15 is 0 Å². The molecule has 2 aromatic heterocycles. The highest BCUT2D eigenvalue weighted by Crippen LogP contribution is 2.27. The molecule has 0 aliphatic carbocycles. The number of oxazole rings is 1. The Kier molecular flexibility index (Phi) is 4.76. The van der Waals surface area contributed by atoms with E-state index in [0.29, 0.717) is 27.4 Å². The number of rotatable bonds is 4. The average molecular weight is 411 g/mol. The van der Waals surface area contributed by atoms with Crippen molar-refractivity contribution in [1.82, 2.24) is 14.8 Å². The smallest absolute Gasteiger partial charge is 0.394 e. The number of ether oxygens (including phenoxy) is 1. The van der Waals surface area contributed by atoms with E-state index in [-0.39, 0.29) is 12.0 Å². The van der Waals surface area contributed by atoms with Crippen LogP contribution in [0.2, 0.25) is 5.02 Å². The summed E-state index contributed by atoms with van der Waals surface area (Å²) in [6.07, 6.45) is 0.183. The van der Waals surface area contributed by atoms with Gasteiger partial charge in [-0.2, -0.15) is 10.1 Å². The monoisotopic (exact) mass is 410 g/mol. The van der Waals surface area contributed by atoms with Gasteiger partial charge < -0.3 is 14.1 Å². The zero-order valence-electron chi connectivity index (χ0n) is 16.4. The highest BCUT2D eigenvalue weighted by atomic mass is 35.5. The van der Waals surface area contributed by atoms with E-state index in [9.17, 15) is 4.79 Å². The lowest BCUT2D eigenvalue weighted by atomic mass is 10.1. The average Bonchev–Trinajstić information content (AvgIpc) is 3.28. The molecule has 0 fully saturated rings. The van der Waals surface area contributed by atoms with Crippen molar-refractivity contribution >= 4 is 34.3 Å². The van der Waals surface area contributed by atoms with Gasteiger partial charge in [0, 0.05) is 18.3 Å². The zero-order valence-corrected chi connectivity index (χ0v) is 17.2. The Labute approximate surface area is 172 Å². The van der Waals surface area contributed by atoms with Crippen LogP contribution >= 0.6 is 11.6 Å². The summed E-state index contributed by atoms with van der Waals surface area (Å²) in [6, 6.07) is 12.6. The number of carbonyl (C=O) groups is 1. The maximum atomic E-state index is 13.1. The van der Waals surface area contributed by atoms with Crippen LogP contribution in [0.4, 0.5) is 5.69 Å². The quantitative estimate of drug-likeness (QED) is 0.492. The fourth-order valence-electron chi connectivity index (χ4n) is 3.15. The van der Waals surface area contributed by atoms with E-state index in [0.717, 1.165) is 17.1 Å². The number of methoxy groups -OCH3 is 1. The molecule has 0 saturated carbocycles. The molecule has 2 heterocycles. The van der Waals surface area contributed by atoms with E-state index in [1.807, 2.05) is 26.0 Å². The van der Waals surface area contributed by atoms with Gasteiger partial charge in [0.15, 0.2) is 5.58 Å². The lowest BCUT2D eigenvalue weighted by Gasteiger charge is -2.18. The van der Waals surface area contributed by atoms with Crippen molar-refractivity contribution < 1.29 is 13.9 Å². The highest BCUT2D eigenvalue weighted by Gasteiger charge is 2.17. The van der Waals surface area contributed by atoms with Gasteiger partial charge in [0.25, 0.3) is 5.91 Å². The van der Waals surface area contributed by atoms with Gasteiger partial charge in [0.1, 0.15) is 5.52 Å². The number of aryl methyl sites for hydroxylation is 1. The minimum atomic E-state index is -0.158. The van der Waals surface area contributed by atoms with E-state index in [2.05, 4.69) is 10.1 Å². The first-order chi connectivity index (χ1) is 13.9. The fraction of sp³-hybridized carbons (Fsp3) is 0.190. The molecule has 0 unspecified atom stereocenters. The van der Waals surface area contributed by atoms with Gasteiger partial charge in [-0.25, -0.2) is 4.68 Å². The van der Waals surface area contributed by atoms with Gasteiger partial charge in [-0.05, 0) is 50.2 Å². The number of nitrogens with zero attached hydrogens (tertiary/aromatic N) is 4. The summed E-state index contributed by atoms with van der Waals surface area (Å²) in [5, 5.41) is 5.08. The van der Waals surface area contributed by atoms with Crippen LogP contribution in [0.25, 0.3) is 16.8 Å². The SMILES string of the molecule is COc1nc2cc(N(C)C(=O)c3cccc(-n4nc(C)c(Cl)c4C)c3)ccc2o1. The Hall–Kier alpha value is -3.32. The highest BCUT2D eigenvalue weighted by molar-refractivity contribution is 6.31. The van der Waals surface area contributed by atoms with Gasteiger partial charge in [-0.15, -0.1) is 0 Å². The van der Waals surface area contributed by atoms with Crippen LogP contribution in [0.5, 0.6) is 6.08 Å². The molecule has 29 heavy (non-hydrogen) atoms. The number of fused-ring (bicyclic) bond motifs is 1. The molecule has 2 aromatic carbocycles.